The van der Waals surface area contributed by atoms with Crippen LogP contribution in [0.3, 0.4) is 0 Å². The lowest BCUT2D eigenvalue weighted by Crippen LogP contribution is -2.40. The predicted octanol–water partition coefficient (Wildman–Crippen LogP) is 1.85. The van der Waals surface area contributed by atoms with Gasteiger partial charge in [-0.05, 0) is 32.2 Å². The zero-order valence-electron chi connectivity index (χ0n) is 8.97. The van der Waals surface area contributed by atoms with Gasteiger partial charge in [-0.25, -0.2) is 4.39 Å². The molecule has 1 aliphatic heterocycles. The van der Waals surface area contributed by atoms with Gasteiger partial charge in [-0.3, -0.25) is 4.90 Å². The fourth-order valence-electron chi connectivity index (χ4n) is 2.45. The fourth-order valence-corrected chi connectivity index (χ4v) is 2.45. The molecular formula is C11H20FNO. The van der Waals surface area contributed by atoms with Gasteiger partial charge in [0.15, 0.2) is 0 Å². The number of likely N-dealkylation sites (tertiary alicyclic amines) is 1. The Hall–Kier alpha value is -0.150. The van der Waals surface area contributed by atoms with Gasteiger partial charge < -0.3 is 4.74 Å². The van der Waals surface area contributed by atoms with Gasteiger partial charge in [-0.15, -0.1) is 0 Å². The molecule has 0 spiro atoms. The molecule has 2 aliphatic rings. The summed E-state index contributed by atoms with van der Waals surface area (Å²) in [5.74, 6) is 0. The fraction of sp³-hybridized carbons (Fsp3) is 1.00. The predicted molar refractivity (Wildman–Crippen MR) is 54.1 cm³/mol. The Morgan fingerprint density at radius 1 is 1.50 bits per heavy atom. The molecule has 82 valence electrons. The van der Waals surface area contributed by atoms with Gasteiger partial charge in [0.2, 0.25) is 0 Å². The first-order valence-electron chi connectivity index (χ1n) is 5.59. The quantitative estimate of drug-likeness (QED) is 0.688. The molecule has 14 heavy (non-hydrogen) atoms. The van der Waals surface area contributed by atoms with Gasteiger partial charge in [0, 0.05) is 25.6 Å². The van der Waals surface area contributed by atoms with E-state index in [4.69, 9.17) is 4.74 Å². The van der Waals surface area contributed by atoms with Crippen LogP contribution in [-0.4, -0.2) is 44.4 Å². The number of hydrogen-bond acceptors (Lipinski definition) is 2. The van der Waals surface area contributed by atoms with Crippen molar-refractivity contribution in [1.82, 2.24) is 4.90 Å². The first-order valence-corrected chi connectivity index (χ1v) is 5.59. The molecule has 0 bridgehead atoms. The molecule has 0 aromatic heterocycles. The molecule has 3 heteroatoms. The third-order valence-electron chi connectivity index (χ3n) is 3.41. The summed E-state index contributed by atoms with van der Waals surface area (Å²) in [5.41, 5.74) is 0.381. The summed E-state index contributed by atoms with van der Waals surface area (Å²) in [6.45, 7) is 3.61. The first-order chi connectivity index (χ1) is 6.74. The van der Waals surface area contributed by atoms with Crippen LogP contribution in [0.15, 0.2) is 0 Å². The van der Waals surface area contributed by atoms with E-state index in [0.717, 1.165) is 32.5 Å². The topological polar surface area (TPSA) is 12.5 Å². The molecule has 2 rings (SSSR count). The third-order valence-corrected chi connectivity index (χ3v) is 3.41. The monoisotopic (exact) mass is 201 g/mol. The average molecular weight is 201 g/mol. The number of alkyl halides is 1. The zero-order valence-corrected chi connectivity index (χ0v) is 8.97. The molecule has 0 aromatic rings. The van der Waals surface area contributed by atoms with E-state index in [1.807, 2.05) is 0 Å². The van der Waals surface area contributed by atoms with Crippen LogP contribution >= 0.6 is 0 Å². The summed E-state index contributed by atoms with van der Waals surface area (Å²) in [6.07, 6.45) is 3.70. The van der Waals surface area contributed by atoms with Crippen LogP contribution in [0.4, 0.5) is 4.39 Å². The summed E-state index contributed by atoms with van der Waals surface area (Å²) >= 11 is 0. The molecule has 1 heterocycles. The Kier molecular flexibility index (Phi) is 3.07. The molecule has 1 aliphatic carbocycles. The minimum absolute atomic E-state index is 0.381. The van der Waals surface area contributed by atoms with Crippen LogP contribution in [0.5, 0.6) is 0 Å². The Bertz CT molecular complexity index is 194. The second-order valence-electron chi connectivity index (χ2n) is 4.91. The van der Waals surface area contributed by atoms with Crippen molar-refractivity contribution in [3.63, 3.8) is 0 Å². The highest BCUT2D eigenvalue weighted by Crippen LogP contribution is 2.46. The normalized spacial score (nSPS) is 31.7. The van der Waals surface area contributed by atoms with E-state index in [-0.39, 0.29) is 0 Å². The Labute approximate surface area is 85.4 Å². The minimum atomic E-state index is -0.595. The van der Waals surface area contributed by atoms with E-state index in [0.29, 0.717) is 12.0 Å². The maximum atomic E-state index is 13.1. The molecule has 0 amide bonds. The maximum absolute atomic E-state index is 13.1. The van der Waals surface area contributed by atoms with E-state index >= 15 is 0 Å². The van der Waals surface area contributed by atoms with E-state index < -0.39 is 6.17 Å². The second-order valence-corrected chi connectivity index (χ2v) is 4.91. The summed E-state index contributed by atoms with van der Waals surface area (Å²) in [4.78, 5) is 2.28. The number of hydrogen-bond donors (Lipinski definition) is 0. The van der Waals surface area contributed by atoms with Gasteiger partial charge in [-0.2, -0.15) is 0 Å². The van der Waals surface area contributed by atoms with Crippen LogP contribution in [0.2, 0.25) is 0 Å². The molecule has 0 unspecified atom stereocenters. The molecular weight excluding hydrogens is 181 g/mol. The molecule has 0 radical (unpaired) electrons. The summed E-state index contributed by atoms with van der Waals surface area (Å²) in [5, 5.41) is 0. The molecule has 1 saturated heterocycles. The molecule has 2 fully saturated rings. The Morgan fingerprint density at radius 3 is 2.86 bits per heavy atom. The number of piperidine rings is 1. The van der Waals surface area contributed by atoms with Crippen LogP contribution in [0, 0.1) is 5.41 Å². The highest BCUT2D eigenvalue weighted by atomic mass is 19.1. The lowest BCUT2D eigenvalue weighted by molar-refractivity contribution is 0.0771. The summed E-state index contributed by atoms with van der Waals surface area (Å²) in [7, 11) is 1.76. The minimum Gasteiger partial charge on any atom is -0.384 e. The van der Waals surface area contributed by atoms with Gasteiger partial charge in [0.1, 0.15) is 6.17 Å². The van der Waals surface area contributed by atoms with Crippen molar-refractivity contribution < 1.29 is 9.13 Å². The molecule has 1 saturated carbocycles. The lowest BCUT2D eigenvalue weighted by Gasteiger charge is -2.32. The SMILES string of the molecule is COCC1(CN2CCC[C@H](F)C2)CC1. The number of ether oxygens (including phenoxy) is 1. The third kappa shape index (κ3) is 2.45. The highest BCUT2D eigenvalue weighted by Gasteiger charge is 2.44. The summed E-state index contributed by atoms with van der Waals surface area (Å²) < 4.78 is 18.4. The van der Waals surface area contributed by atoms with E-state index in [9.17, 15) is 4.39 Å². The Balaban J connectivity index is 1.79. The molecule has 0 N–H and O–H groups in total. The largest absolute Gasteiger partial charge is 0.384 e. The number of methoxy groups -OCH3 is 1. The van der Waals surface area contributed by atoms with Crippen LogP contribution in [-0.2, 0) is 4.74 Å². The van der Waals surface area contributed by atoms with Gasteiger partial charge in [0.25, 0.3) is 0 Å². The van der Waals surface area contributed by atoms with Crippen molar-refractivity contribution in [2.24, 2.45) is 5.41 Å². The van der Waals surface area contributed by atoms with Gasteiger partial charge in [0.05, 0.1) is 6.61 Å². The number of halogens is 1. The van der Waals surface area contributed by atoms with Gasteiger partial charge in [-0.1, -0.05) is 0 Å². The van der Waals surface area contributed by atoms with Crippen molar-refractivity contribution in [1.29, 1.82) is 0 Å². The van der Waals surface area contributed by atoms with Crippen LogP contribution in [0.1, 0.15) is 25.7 Å². The highest BCUT2D eigenvalue weighted by molar-refractivity contribution is 4.96. The zero-order chi connectivity index (χ0) is 10.0. The molecule has 1 atom stereocenters. The van der Waals surface area contributed by atoms with Crippen molar-refractivity contribution in [2.45, 2.75) is 31.9 Å². The molecule has 0 aromatic carbocycles. The van der Waals surface area contributed by atoms with Crippen molar-refractivity contribution in [2.75, 3.05) is 33.4 Å². The van der Waals surface area contributed by atoms with E-state index in [1.54, 1.807) is 7.11 Å². The summed E-state index contributed by atoms with van der Waals surface area (Å²) in [6, 6.07) is 0. The van der Waals surface area contributed by atoms with E-state index in [1.165, 1.54) is 12.8 Å². The molecule has 2 nitrogen and oxygen atoms in total. The maximum Gasteiger partial charge on any atom is 0.113 e. The van der Waals surface area contributed by atoms with Gasteiger partial charge >= 0.3 is 0 Å². The number of rotatable bonds is 4. The standard InChI is InChI=1S/C11H20FNO/c1-14-9-11(4-5-11)8-13-6-2-3-10(12)7-13/h10H,2-9H2,1H3/t10-/m0/s1. The second kappa shape index (κ2) is 4.15. The lowest BCUT2D eigenvalue weighted by atomic mass is 10.0. The van der Waals surface area contributed by atoms with Crippen molar-refractivity contribution >= 4 is 0 Å². The number of nitrogens with zero attached hydrogens (tertiary/aromatic N) is 1. The van der Waals surface area contributed by atoms with Crippen LogP contribution in [0.25, 0.3) is 0 Å². The van der Waals surface area contributed by atoms with Crippen molar-refractivity contribution in [3.05, 3.63) is 0 Å². The smallest absolute Gasteiger partial charge is 0.113 e. The Morgan fingerprint density at radius 2 is 2.29 bits per heavy atom. The van der Waals surface area contributed by atoms with Crippen LogP contribution < -0.4 is 0 Å². The first kappa shape index (κ1) is 10.4. The van der Waals surface area contributed by atoms with E-state index in [2.05, 4.69) is 4.90 Å². The average Bonchev–Trinajstić information content (AvgIpc) is 2.85. The van der Waals surface area contributed by atoms with Crippen molar-refractivity contribution in [3.8, 4) is 0 Å².